The number of hydrogen-bond acceptors (Lipinski definition) is 7. The molecule has 3 unspecified atom stereocenters. The van der Waals surface area contributed by atoms with Crippen LogP contribution in [0.4, 0.5) is 0 Å². The second-order valence-corrected chi connectivity index (χ2v) is 5.10. The third-order valence-corrected chi connectivity index (χ3v) is 3.13. The van der Waals surface area contributed by atoms with Crippen molar-refractivity contribution in [1.82, 2.24) is 16.0 Å². The molecule has 0 aliphatic heterocycles. The molecule has 3 atom stereocenters. The molecule has 0 aromatic rings. The van der Waals surface area contributed by atoms with Crippen LogP contribution < -0.4 is 21.7 Å². The Morgan fingerprint density at radius 2 is 1.54 bits per heavy atom. The number of thiol groups is 1. The van der Waals surface area contributed by atoms with E-state index >= 15 is 0 Å². The highest BCUT2D eigenvalue weighted by molar-refractivity contribution is 7.80. The largest absolute Gasteiger partial charge is 0.481 e. The fourth-order valence-electron chi connectivity index (χ4n) is 1.48. The molecule has 0 aliphatic rings. The summed E-state index contributed by atoms with van der Waals surface area (Å²) in [6.45, 7) is 0.810. The molecule has 0 bridgehead atoms. The van der Waals surface area contributed by atoms with Gasteiger partial charge in [-0.2, -0.15) is 12.6 Å². The molecule has 0 heterocycles. The van der Waals surface area contributed by atoms with Gasteiger partial charge in [-0.15, -0.1) is 0 Å². The minimum atomic E-state index is -1.52. The van der Waals surface area contributed by atoms with Crippen LogP contribution in [0.3, 0.4) is 0 Å². The van der Waals surface area contributed by atoms with Crippen molar-refractivity contribution >= 4 is 42.3 Å². The van der Waals surface area contributed by atoms with Crippen molar-refractivity contribution in [2.75, 3.05) is 12.3 Å². The Labute approximate surface area is 142 Å². The van der Waals surface area contributed by atoms with E-state index in [1.807, 2.05) is 0 Å². The highest BCUT2D eigenvalue weighted by atomic mass is 32.1. The lowest BCUT2D eigenvalue weighted by molar-refractivity contribution is -0.143. The van der Waals surface area contributed by atoms with Gasteiger partial charge in [0, 0.05) is 5.75 Å². The van der Waals surface area contributed by atoms with E-state index in [9.17, 15) is 24.0 Å². The van der Waals surface area contributed by atoms with E-state index in [2.05, 4.69) is 28.6 Å². The van der Waals surface area contributed by atoms with Crippen LogP contribution in [0, 0.1) is 0 Å². The molecule has 7 N–H and O–H groups in total. The first kappa shape index (κ1) is 21.7. The number of rotatable bonds is 10. The van der Waals surface area contributed by atoms with E-state index < -0.39 is 54.2 Å². The lowest BCUT2D eigenvalue weighted by atomic mass is 10.1. The Bertz CT molecular complexity index is 514. The average molecular weight is 364 g/mol. The molecule has 24 heavy (non-hydrogen) atoms. The molecule has 11 nitrogen and oxygen atoms in total. The molecule has 0 aromatic carbocycles. The summed E-state index contributed by atoms with van der Waals surface area (Å²) in [5.74, 6) is -5.30. The number of carbonyl (C=O) groups excluding carboxylic acids is 3. The SMILES string of the molecule is CC(NC(=O)C(CC(=O)O)NC(=O)C(CS)NC(=O)CN)C(=O)O. The minimum Gasteiger partial charge on any atom is -0.481 e. The number of amides is 3. The molecule has 3 amide bonds. The number of carbonyl (C=O) groups is 5. The van der Waals surface area contributed by atoms with Crippen molar-refractivity contribution in [3.05, 3.63) is 0 Å². The van der Waals surface area contributed by atoms with E-state index in [1.165, 1.54) is 6.92 Å². The molecule has 136 valence electrons. The summed E-state index contributed by atoms with van der Waals surface area (Å²) in [7, 11) is 0. The standard InChI is InChI=1S/C12H20N4O7S/c1-5(12(22)23)14-10(20)6(2-9(18)19)16-11(21)7(4-24)15-8(17)3-13/h5-7,24H,2-4,13H2,1H3,(H,14,20)(H,15,17)(H,16,21)(H,18,19)(H,22,23). The second-order valence-electron chi connectivity index (χ2n) is 4.73. The predicted octanol–water partition coefficient (Wildman–Crippen LogP) is -3.09. The monoisotopic (exact) mass is 364 g/mol. The van der Waals surface area contributed by atoms with Crippen LogP contribution in [0.5, 0.6) is 0 Å². The second kappa shape index (κ2) is 10.4. The minimum absolute atomic E-state index is 0.121. The molecule has 0 spiro atoms. The Hall–Kier alpha value is -2.34. The van der Waals surface area contributed by atoms with Crippen LogP contribution in [0.1, 0.15) is 13.3 Å². The summed E-state index contributed by atoms with van der Waals surface area (Å²) in [5.41, 5.74) is 5.11. The smallest absolute Gasteiger partial charge is 0.325 e. The zero-order valence-electron chi connectivity index (χ0n) is 12.8. The Morgan fingerprint density at radius 3 is 1.96 bits per heavy atom. The first-order chi connectivity index (χ1) is 11.1. The first-order valence-corrected chi connectivity index (χ1v) is 7.41. The Balaban J connectivity index is 5.01. The van der Waals surface area contributed by atoms with Gasteiger partial charge in [0.15, 0.2) is 0 Å². The summed E-state index contributed by atoms with van der Waals surface area (Å²) in [4.78, 5) is 56.7. The van der Waals surface area contributed by atoms with Crippen molar-refractivity contribution in [2.45, 2.75) is 31.5 Å². The first-order valence-electron chi connectivity index (χ1n) is 6.78. The third-order valence-electron chi connectivity index (χ3n) is 2.76. The van der Waals surface area contributed by atoms with Gasteiger partial charge in [0.1, 0.15) is 18.1 Å². The van der Waals surface area contributed by atoms with Gasteiger partial charge < -0.3 is 31.9 Å². The van der Waals surface area contributed by atoms with Gasteiger partial charge in [-0.05, 0) is 6.92 Å². The maximum Gasteiger partial charge on any atom is 0.325 e. The zero-order valence-corrected chi connectivity index (χ0v) is 13.7. The van der Waals surface area contributed by atoms with Crippen LogP contribution in [0.2, 0.25) is 0 Å². The average Bonchev–Trinajstić information content (AvgIpc) is 2.50. The molecule has 0 aliphatic carbocycles. The molecule has 0 aromatic heterocycles. The van der Waals surface area contributed by atoms with E-state index in [0.717, 1.165) is 0 Å². The summed E-state index contributed by atoms with van der Waals surface area (Å²) in [6, 6.07) is -3.93. The van der Waals surface area contributed by atoms with E-state index in [0.29, 0.717) is 0 Å². The maximum absolute atomic E-state index is 12.0. The molecular weight excluding hydrogens is 344 g/mol. The summed E-state index contributed by atoms with van der Waals surface area (Å²) in [6.07, 6.45) is -0.770. The van der Waals surface area contributed by atoms with Crippen LogP contribution in [0.15, 0.2) is 0 Å². The highest BCUT2D eigenvalue weighted by Gasteiger charge is 2.29. The van der Waals surface area contributed by atoms with Crippen LogP contribution in [0.25, 0.3) is 0 Å². The maximum atomic E-state index is 12.0. The van der Waals surface area contributed by atoms with Crippen LogP contribution >= 0.6 is 12.6 Å². The van der Waals surface area contributed by atoms with Crippen LogP contribution in [-0.2, 0) is 24.0 Å². The number of nitrogens with two attached hydrogens (primary N) is 1. The van der Waals surface area contributed by atoms with Crippen molar-refractivity contribution in [1.29, 1.82) is 0 Å². The lowest BCUT2D eigenvalue weighted by Gasteiger charge is -2.22. The molecular formula is C12H20N4O7S. The molecule has 0 saturated heterocycles. The number of carboxylic acid groups (broad SMARTS) is 2. The topological polar surface area (TPSA) is 188 Å². The Kier molecular flexibility index (Phi) is 9.42. The predicted molar refractivity (Wildman–Crippen MR) is 84.3 cm³/mol. The van der Waals surface area contributed by atoms with Gasteiger partial charge in [0.25, 0.3) is 0 Å². The van der Waals surface area contributed by atoms with Crippen molar-refractivity contribution in [2.24, 2.45) is 5.73 Å². The van der Waals surface area contributed by atoms with Gasteiger partial charge >= 0.3 is 11.9 Å². The summed E-state index contributed by atoms with van der Waals surface area (Å²) < 4.78 is 0. The zero-order chi connectivity index (χ0) is 18.9. The number of nitrogens with one attached hydrogen (secondary N) is 3. The number of carboxylic acids is 2. The summed E-state index contributed by atoms with van der Waals surface area (Å²) in [5, 5.41) is 24.0. The van der Waals surface area contributed by atoms with Gasteiger partial charge in [0.05, 0.1) is 13.0 Å². The fourth-order valence-corrected chi connectivity index (χ4v) is 1.74. The van der Waals surface area contributed by atoms with E-state index in [4.69, 9.17) is 15.9 Å². The van der Waals surface area contributed by atoms with E-state index in [1.54, 1.807) is 0 Å². The number of aliphatic carboxylic acids is 2. The van der Waals surface area contributed by atoms with E-state index in [-0.39, 0.29) is 12.3 Å². The van der Waals surface area contributed by atoms with Crippen molar-refractivity contribution in [3.8, 4) is 0 Å². The summed E-state index contributed by atoms with van der Waals surface area (Å²) >= 11 is 3.88. The third kappa shape index (κ3) is 7.78. The van der Waals surface area contributed by atoms with Gasteiger partial charge in [-0.3, -0.25) is 24.0 Å². The highest BCUT2D eigenvalue weighted by Crippen LogP contribution is 1.98. The normalized spacial score (nSPS) is 14.0. The number of hydrogen-bond donors (Lipinski definition) is 7. The Morgan fingerprint density at radius 1 is 1.00 bits per heavy atom. The van der Waals surface area contributed by atoms with Crippen molar-refractivity contribution in [3.63, 3.8) is 0 Å². The van der Waals surface area contributed by atoms with Crippen LogP contribution in [-0.4, -0.2) is 70.3 Å². The molecule has 0 rings (SSSR count). The fraction of sp³-hybridized carbons (Fsp3) is 0.583. The molecule has 0 fully saturated rings. The van der Waals surface area contributed by atoms with Gasteiger partial charge in [-0.1, -0.05) is 0 Å². The molecule has 12 heteroatoms. The molecule has 0 radical (unpaired) electrons. The van der Waals surface area contributed by atoms with Gasteiger partial charge in [0.2, 0.25) is 17.7 Å². The van der Waals surface area contributed by atoms with Gasteiger partial charge in [-0.25, -0.2) is 0 Å². The quantitative estimate of drug-likeness (QED) is 0.198. The lowest BCUT2D eigenvalue weighted by Crippen LogP contribution is -2.56. The van der Waals surface area contributed by atoms with Crippen molar-refractivity contribution < 1.29 is 34.2 Å². The molecule has 0 saturated carbocycles.